The van der Waals surface area contributed by atoms with Crippen molar-refractivity contribution < 1.29 is 9.59 Å². The molecule has 0 unspecified atom stereocenters. The Morgan fingerprint density at radius 3 is 2.78 bits per heavy atom. The lowest BCUT2D eigenvalue weighted by molar-refractivity contribution is 0.0946. The maximum atomic E-state index is 12.7. The number of benzene rings is 1. The molecular weight excluding hydrogens is 362 g/mol. The predicted octanol–water partition coefficient (Wildman–Crippen LogP) is 1.92. The van der Waals surface area contributed by atoms with Gasteiger partial charge in [-0.25, -0.2) is 9.78 Å². The van der Waals surface area contributed by atoms with Crippen LogP contribution in [0, 0.1) is 0 Å². The van der Waals surface area contributed by atoms with Gasteiger partial charge in [0.15, 0.2) is 5.13 Å². The molecule has 1 aromatic carbocycles. The quantitative estimate of drug-likeness (QED) is 0.751. The topological polar surface area (TPSA) is 68.8 Å². The summed E-state index contributed by atoms with van der Waals surface area (Å²) in [5, 5.41) is 5.13. The Hall–Kier alpha value is -2.45. The van der Waals surface area contributed by atoms with Gasteiger partial charge < -0.3 is 15.1 Å². The zero-order chi connectivity index (χ0) is 19.2. The molecule has 1 fully saturated rings. The number of carbonyl (C=O) groups excluding carboxylic acids is 2. The summed E-state index contributed by atoms with van der Waals surface area (Å²) < 4.78 is 0. The van der Waals surface area contributed by atoms with E-state index in [1.54, 1.807) is 10.3 Å². The summed E-state index contributed by atoms with van der Waals surface area (Å²) in [6, 6.07) is 10.1. The van der Waals surface area contributed by atoms with Crippen molar-refractivity contribution in [2.45, 2.75) is 6.42 Å². The summed E-state index contributed by atoms with van der Waals surface area (Å²) in [6.07, 6.45) is 0.831. The summed E-state index contributed by atoms with van der Waals surface area (Å²) >= 11 is 1.33. The number of anilines is 1. The van der Waals surface area contributed by atoms with Crippen LogP contribution in [0.1, 0.15) is 16.1 Å². The van der Waals surface area contributed by atoms with Crippen LogP contribution in [0.4, 0.5) is 9.93 Å². The molecule has 8 heteroatoms. The molecule has 1 aliphatic heterocycles. The average Bonchev–Trinajstić information content (AvgIpc) is 3.27. The molecule has 3 amide bonds. The summed E-state index contributed by atoms with van der Waals surface area (Å²) in [5.41, 5.74) is 1.58. The van der Waals surface area contributed by atoms with Crippen LogP contribution in [0.3, 0.4) is 0 Å². The first-order valence-corrected chi connectivity index (χ1v) is 9.91. The molecule has 0 radical (unpaired) electrons. The van der Waals surface area contributed by atoms with E-state index in [-0.39, 0.29) is 11.9 Å². The zero-order valence-electron chi connectivity index (χ0n) is 15.7. The highest BCUT2D eigenvalue weighted by Gasteiger charge is 2.31. The van der Waals surface area contributed by atoms with Gasteiger partial charge in [0.2, 0.25) is 0 Å². The SMILES string of the molecule is CN(C)CCNC(=O)c1csc(N2CCN(CCc3ccccc3)C2=O)n1. The van der Waals surface area contributed by atoms with Crippen LogP contribution in [0.15, 0.2) is 35.7 Å². The van der Waals surface area contributed by atoms with Gasteiger partial charge >= 0.3 is 6.03 Å². The number of amides is 3. The number of nitrogens with one attached hydrogen (secondary N) is 1. The molecular formula is C19H25N5O2S. The lowest BCUT2D eigenvalue weighted by Gasteiger charge is -2.16. The number of hydrogen-bond donors (Lipinski definition) is 1. The number of rotatable bonds is 8. The van der Waals surface area contributed by atoms with Crippen molar-refractivity contribution in [3.8, 4) is 0 Å². The van der Waals surface area contributed by atoms with Crippen molar-refractivity contribution in [2.75, 3.05) is 51.7 Å². The summed E-state index contributed by atoms with van der Waals surface area (Å²) in [4.78, 5) is 34.7. The van der Waals surface area contributed by atoms with Crippen LogP contribution in [-0.4, -0.2) is 73.5 Å². The first kappa shape index (κ1) is 19.3. The Morgan fingerprint density at radius 1 is 1.26 bits per heavy atom. The van der Waals surface area contributed by atoms with Gasteiger partial charge in [-0.2, -0.15) is 0 Å². The van der Waals surface area contributed by atoms with E-state index in [9.17, 15) is 9.59 Å². The lowest BCUT2D eigenvalue weighted by Crippen LogP contribution is -2.33. The number of aromatic nitrogens is 1. The van der Waals surface area contributed by atoms with Crippen molar-refractivity contribution in [3.05, 3.63) is 47.0 Å². The minimum absolute atomic E-state index is 0.0418. The minimum atomic E-state index is -0.202. The molecule has 144 valence electrons. The Bertz CT molecular complexity index is 777. The van der Waals surface area contributed by atoms with E-state index in [2.05, 4.69) is 22.4 Å². The first-order valence-electron chi connectivity index (χ1n) is 9.03. The number of nitrogens with zero attached hydrogens (tertiary/aromatic N) is 4. The number of likely N-dealkylation sites (N-methyl/N-ethyl adjacent to an activating group) is 1. The van der Waals surface area contributed by atoms with E-state index >= 15 is 0 Å². The molecule has 2 heterocycles. The maximum absolute atomic E-state index is 12.7. The lowest BCUT2D eigenvalue weighted by atomic mass is 10.1. The Labute approximate surface area is 163 Å². The summed E-state index contributed by atoms with van der Waals surface area (Å²) in [6.45, 7) is 3.29. The van der Waals surface area contributed by atoms with Gasteiger partial charge in [0.1, 0.15) is 5.69 Å². The largest absolute Gasteiger partial charge is 0.349 e. The highest BCUT2D eigenvalue weighted by molar-refractivity contribution is 7.14. The van der Waals surface area contributed by atoms with E-state index in [1.165, 1.54) is 16.9 Å². The second-order valence-electron chi connectivity index (χ2n) is 6.73. The third kappa shape index (κ3) is 5.05. The van der Waals surface area contributed by atoms with Gasteiger partial charge in [-0.1, -0.05) is 30.3 Å². The normalized spacial score (nSPS) is 14.3. The highest BCUT2D eigenvalue weighted by atomic mass is 32.1. The molecule has 1 N–H and O–H groups in total. The fourth-order valence-electron chi connectivity index (χ4n) is 2.85. The third-order valence-corrected chi connectivity index (χ3v) is 5.27. The van der Waals surface area contributed by atoms with Gasteiger partial charge in [0.25, 0.3) is 5.91 Å². The monoisotopic (exact) mass is 387 g/mol. The average molecular weight is 388 g/mol. The molecule has 1 aliphatic rings. The molecule has 1 aromatic heterocycles. The van der Waals surface area contributed by atoms with Crippen molar-refractivity contribution in [3.63, 3.8) is 0 Å². The van der Waals surface area contributed by atoms with Gasteiger partial charge in [-0.15, -0.1) is 11.3 Å². The fourth-order valence-corrected chi connectivity index (χ4v) is 3.68. The standard InChI is InChI=1S/C19H25N5O2S/c1-22(2)11-9-20-17(25)16-14-27-18(21-16)24-13-12-23(19(24)26)10-8-15-6-4-3-5-7-15/h3-7,14H,8-13H2,1-2H3,(H,20,25). The molecule has 0 saturated carbocycles. The maximum Gasteiger partial charge on any atom is 0.326 e. The molecule has 2 aromatic rings. The van der Waals surface area contributed by atoms with Crippen LogP contribution in [0.5, 0.6) is 0 Å². The van der Waals surface area contributed by atoms with E-state index in [0.29, 0.717) is 37.0 Å². The van der Waals surface area contributed by atoms with E-state index < -0.39 is 0 Å². The van der Waals surface area contributed by atoms with Crippen LogP contribution in [-0.2, 0) is 6.42 Å². The molecule has 0 atom stereocenters. The summed E-state index contributed by atoms with van der Waals surface area (Å²) in [5.74, 6) is -0.202. The van der Waals surface area contributed by atoms with Crippen molar-refractivity contribution >= 4 is 28.4 Å². The molecule has 0 aliphatic carbocycles. The Morgan fingerprint density at radius 2 is 2.04 bits per heavy atom. The summed E-state index contributed by atoms with van der Waals surface area (Å²) in [7, 11) is 3.91. The van der Waals surface area contributed by atoms with E-state index in [4.69, 9.17) is 0 Å². The second kappa shape index (κ2) is 8.96. The zero-order valence-corrected chi connectivity index (χ0v) is 16.5. The smallest absolute Gasteiger partial charge is 0.326 e. The van der Waals surface area contributed by atoms with Crippen LogP contribution >= 0.6 is 11.3 Å². The third-order valence-electron chi connectivity index (χ3n) is 4.41. The molecule has 0 spiro atoms. The van der Waals surface area contributed by atoms with Crippen molar-refractivity contribution in [2.24, 2.45) is 0 Å². The van der Waals surface area contributed by atoms with Gasteiger partial charge in [-0.3, -0.25) is 9.69 Å². The fraction of sp³-hybridized carbons (Fsp3) is 0.421. The number of urea groups is 1. The molecule has 27 heavy (non-hydrogen) atoms. The van der Waals surface area contributed by atoms with Gasteiger partial charge in [0, 0.05) is 38.1 Å². The minimum Gasteiger partial charge on any atom is -0.349 e. The van der Waals surface area contributed by atoms with Gasteiger partial charge in [0.05, 0.1) is 0 Å². The van der Waals surface area contributed by atoms with Crippen LogP contribution in [0.2, 0.25) is 0 Å². The second-order valence-corrected chi connectivity index (χ2v) is 7.57. The van der Waals surface area contributed by atoms with E-state index in [0.717, 1.165) is 13.0 Å². The number of thiazole rings is 1. The van der Waals surface area contributed by atoms with Crippen LogP contribution < -0.4 is 10.2 Å². The predicted molar refractivity (Wildman–Crippen MR) is 107 cm³/mol. The molecule has 0 bridgehead atoms. The van der Waals surface area contributed by atoms with E-state index in [1.807, 2.05) is 42.1 Å². The first-order chi connectivity index (χ1) is 13.0. The van der Waals surface area contributed by atoms with Crippen molar-refractivity contribution in [1.29, 1.82) is 0 Å². The number of carbonyl (C=O) groups is 2. The van der Waals surface area contributed by atoms with Gasteiger partial charge in [-0.05, 0) is 26.1 Å². The number of hydrogen-bond acceptors (Lipinski definition) is 5. The molecule has 7 nitrogen and oxygen atoms in total. The Balaban J connectivity index is 1.54. The van der Waals surface area contributed by atoms with Crippen LogP contribution in [0.25, 0.3) is 0 Å². The van der Waals surface area contributed by atoms with Crippen molar-refractivity contribution in [1.82, 2.24) is 20.1 Å². The molecule has 1 saturated heterocycles. The molecule has 3 rings (SSSR count). The highest BCUT2D eigenvalue weighted by Crippen LogP contribution is 2.24. The Kier molecular flexibility index (Phi) is 6.41.